The van der Waals surface area contributed by atoms with Crippen LogP contribution in [0.5, 0.6) is 0 Å². The highest BCUT2D eigenvalue weighted by Gasteiger charge is 2.13. The molecule has 1 aromatic heterocycles. The van der Waals surface area contributed by atoms with Crippen LogP contribution in [0.3, 0.4) is 0 Å². The molecule has 15 heavy (non-hydrogen) atoms. The summed E-state index contributed by atoms with van der Waals surface area (Å²) >= 11 is 3.22. The fraction of sp³-hybridized carbons (Fsp3) is 0.444. The lowest BCUT2D eigenvalue weighted by molar-refractivity contribution is 0.0922. The highest BCUT2D eigenvalue weighted by Crippen LogP contribution is 2.16. The third-order valence-electron chi connectivity index (χ3n) is 1.89. The highest BCUT2D eigenvalue weighted by atomic mass is 79.9. The van der Waals surface area contributed by atoms with E-state index >= 15 is 0 Å². The molecule has 0 aliphatic heterocycles. The maximum Gasteiger partial charge on any atom is 0.288 e. The summed E-state index contributed by atoms with van der Waals surface area (Å²) in [6.45, 7) is 2.56. The van der Waals surface area contributed by atoms with Crippen molar-refractivity contribution in [2.75, 3.05) is 13.6 Å². The minimum absolute atomic E-state index is 0. The van der Waals surface area contributed by atoms with Gasteiger partial charge in [0.2, 0.25) is 5.76 Å². The lowest BCUT2D eigenvalue weighted by atomic mass is 10.3. The van der Waals surface area contributed by atoms with Crippen molar-refractivity contribution in [1.82, 2.24) is 10.6 Å². The van der Waals surface area contributed by atoms with E-state index in [-0.39, 0.29) is 24.4 Å². The van der Waals surface area contributed by atoms with Crippen LogP contribution < -0.4 is 10.6 Å². The standard InChI is InChI=1S/C9H13BrN2O2.ClH/c1-6(11-2)5-12-9(13)8-7(10)3-4-14-8;/h3-4,6,11H,5H2,1-2H3,(H,12,13);1H. The van der Waals surface area contributed by atoms with Crippen molar-refractivity contribution in [3.63, 3.8) is 0 Å². The largest absolute Gasteiger partial charge is 0.458 e. The first-order chi connectivity index (χ1) is 6.65. The van der Waals surface area contributed by atoms with Gasteiger partial charge in [0.25, 0.3) is 5.91 Å². The molecule has 1 aromatic rings. The number of carbonyl (C=O) groups excluding carboxylic acids is 1. The van der Waals surface area contributed by atoms with Crippen molar-refractivity contribution in [1.29, 1.82) is 0 Å². The molecule has 86 valence electrons. The zero-order chi connectivity index (χ0) is 10.6. The number of nitrogens with one attached hydrogen (secondary N) is 2. The van der Waals surface area contributed by atoms with E-state index in [0.29, 0.717) is 16.8 Å². The zero-order valence-corrected chi connectivity index (χ0v) is 10.9. The molecule has 6 heteroatoms. The first-order valence-electron chi connectivity index (χ1n) is 4.33. The van der Waals surface area contributed by atoms with Gasteiger partial charge in [-0.05, 0) is 36.0 Å². The van der Waals surface area contributed by atoms with Crippen LogP contribution in [0, 0.1) is 0 Å². The van der Waals surface area contributed by atoms with Crippen LogP contribution in [0.4, 0.5) is 0 Å². The Kier molecular flexibility index (Phi) is 6.63. The third-order valence-corrected chi connectivity index (χ3v) is 2.51. The van der Waals surface area contributed by atoms with Gasteiger partial charge < -0.3 is 15.1 Å². The fourth-order valence-corrected chi connectivity index (χ4v) is 1.27. The van der Waals surface area contributed by atoms with Gasteiger partial charge >= 0.3 is 0 Å². The maximum absolute atomic E-state index is 11.5. The summed E-state index contributed by atoms with van der Waals surface area (Å²) in [5.41, 5.74) is 0. The molecule has 0 bridgehead atoms. The van der Waals surface area contributed by atoms with Gasteiger partial charge in [0.05, 0.1) is 10.7 Å². The van der Waals surface area contributed by atoms with E-state index in [1.807, 2.05) is 14.0 Å². The van der Waals surface area contributed by atoms with Gasteiger partial charge in [-0.3, -0.25) is 4.79 Å². The number of halogens is 2. The van der Waals surface area contributed by atoms with Crippen molar-refractivity contribution >= 4 is 34.2 Å². The number of carbonyl (C=O) groups is 1. The molecule has 0 saturated heterocycles. The predicted octanol–water partition coefficient (Wildman–Crippen LogP) is 1.80. The molecule has 2 N–H and O–H groups in total. The Balaban J connectivity index is 0.00000196. The van der Waals surface area contributed by atoms with Crippen molar-refractivity contribution < 1.29 is 9.21 Å². The molecular formula is C9H14BrClN2O2. The zero-order valence-electron chi connectivity index (χ0n) is 8.54. The average molecular weight is 298 g/mol. The smallest absolute Gasteiger partial charge is 0.288 e. The molecule has 1 heterocycles. The van der Waals surface area contributed by atoms with E-state index in [0.717, 1.165) is 0 Å². The Labute approximate surface area is 103 Å². The minimum Gasteiger partial charge on any atom is -0.458 e. The second-order valence-electron chi connectivity index (χ2n) is 3.00. The number of rotatable bonds is 4. The minimum atomic E-state index is -0.205. The van der Waals surface area contributed by atoms with Gasteiger partial charge in [-0.25, -0.2) is 0 Å². The van der Waals surface area contributed by atoms with Crippen molar-refractivity contribution in [3.05, 3.63) is 22.6 Å². The lowest BCUT2D eigenvalue weighted by Crippen LogP contribution is -2.37. The van der Waals surface area contributed by atoms with Crippen LogP contribution in [-0.2, 0) is 0 Å². The van der Waals surface area contributed by atoms with Gasteiger partial charge in [0.1, 0.15) is 0 Å². The highest BCUT2D eigenvalue weighted by molar-refractivity contribution is 9.10. The van der Waals surface area contributed by atoms with Gasteiger partial charge in [-0.15, -0.1) is 12.4 Å². The van der Waals surface area contributed by atoms with Crippen molar-refractivity contribution in [2.24, 2.45) is 0 Å². The molecule has 0 fully saturated rings. The number of hydrogen-bond donors (Lipinski definition) is 2. The van der Waals surface area contributed by atoms with Crippen LogP contribution >= 0.6 is 28.3 Å². The molecular weight excluding hydrogens is 283 g/mol. The average Bonchev–Trinajstić information content (AvgIpc) is 2.60. The summed E-state index contributed by atoms with van der Waals surface area (Å²) in [4.78, 5) is 11.5. The van der Waals surface area contributed by atoms with Crippen molar-refractivity contribution in [3.8, 4) is 0 Å². The van der Waals surface area contributed by atoms with Gasteiger partial charge in [-0.2, -0.15) is 0 Å². The van der Waals surface area contributed by atoms with Crippen LogP contribution in [0.2, 0.25) is 0 Å². The Morgan fingerprint density at radius 1 is 1.67 bits per heavy atom. The molecule has 0 radical (unpaired) electrons. The summed E-state index contributed by atoms with van der Waals surface area (Å²) in [6.07, 6.45) is 1.47. The molecule has 0 aliphatic carbocycles. The van der Waals surface area contributed by atoms with E-state index in [9.17, 15) is 4.79 Å². The number of hydrogen-bond acceptors (Lipinski definition) is 3. The summed E-state index contributed by atoms with van der Waals surface area (Å²) < 4.78 is 5.69. The number of likely N-dealkylation sites (N-methyl/N-ethyl adjacent to an activating group) is 1. The van der Waals surface area contributed by atoms with Crippen LogP contribution in [0.1, 0.15) is 17.5 Å². The molecule has 1 atom stereocenters. The quantitative estimate of drug-likeness (QED) is 0.891. The van der Waals surface area contributed by atoms with E-state index in [4.69, 9.17) is 4.42 Å². The molecule has 1 unspecified atom stereocenters. The van der Waals surface area contributed by atoms with Gasteiger partial charge in [0.15, 0.2) is 0 Å². The molecule has 0 aromatic carbocycles. The Morgan fingerprint density at radius 3 is 2.80 bits per heavy atom. The Hall–Kier alpha value is -0.520. The maximum atomic E-state index is 11.5. The first-order valence-corrected chi connectivity index (χ1v) is 5.13. The summed E-state index contributed by atoms with van der Waals surface area (Å²) in [5.74, 6) is 0.109. The predicted molar refractivity (Wildman–Crippen MR) is 64.5 cm³/mol. The normalized spacial score (nSPS) is 11.7. The van der Waals surface area contributed by atoms with E-state index in [1.165, 1.54) is 6.26 Å². The van der Waals surface area contributed by atoms with Crippen molar-refractivity contribution in [2.45, 2.75) is 13.0 Å². The lowest BCUT2D eigenvalue weighted by Gasteiger charge is -2.10. The summed E-state index contributed by atoms with van der Waals surface area (Å²) in [6, 6.07) is 1.93. The van der Waals surface area contributed by atoms with E-state index in [1.54, 1.807) is 6.07 Å². The van der Waals surface area contributed by atoms with Crippen LogP contribution in [0.25, 0.3) is 0 Å². The molecule has 1 amide bonds. The van der Waals surface area contributed by atoms with E-state index in [2.05, 4.69) is 26.6 Å². The molecule has 0 saturated carbocycles. The third kappa shape index (κ3) is 4.24. The van der Waals surface area contributed by atoms with Crippen LogP contribution in [0.15, 0.2) is 21.2 Å². The van der Waals surface area contributed by atoms with Gasteiger partial charge in [-0.1, -0.05) is 0 Å². The Morgan fingerprint density at radius 2 is 2.33 bits per heavy atom. The van der Waals surface area contributed by atoms with Crippen LogP contribution in [-0.4, -0.2) is 25.5 Å². The molecule has 4 nitrogen and oxygen atoms in total. The fourth-order valence-electron chi connectivity index (χ4n) is 0.884. The van der Waals surface area contributed by atoms with Gasteiger partial charge in [0, 0.05) is 12.6 Å². The monoisotopic (exact) mass is 296 g/mol. The van der Waals surface area contributed by atoms with E-state index < -0.39 is 0 Å². The number of amides is 1. The number of furan rings is 1. The first kappa shape index (κ1) is 14.5. The summed E-state index contributed by atoms with van der Waals surface area (Å²) in [5, 5.41) is 5.77. The second kappa shape index (κ2) is 6.87. The SMILES string of the molecule is CNC(C)CNC(=O)c1occc1Br.Cl. The molecule has 1 rings (SSSR count). The second-order valence-corrected chi connectivity index (χ2v) is 3.85. The molecule has 0 spiro atoms. The topological polar surface area (TPSA) is 54.3 Å². The Bertz CT molecular complexity index is 317. The molecule has 0 aliphatic rings. The summed E-state index contributed by atoms with van der Waals surface area (Å²) in [7, 11) is 1.85.